The Morgan fingerprint density at radius 2 is 2.24 bits per heavy atom. The number of rotatable bonds is 4. The van der Waals surface area contributed by atoms with Crippen LogP contribution >= 0.6 is 15.9 Å². The summed E-state index contributed by atoms with van der Waals surface area (Å²) in [4.78, 5) is 14.8. The third-order valence-corrected chi connectivity index (χ3v) is 2.17. The fourth-order valence-electron chi connectivity index (χ4n) is 0.872. The summed E-state index contributed by atoms with van der Waals surface area (Å²) < 4.78 is 40.7. The minimum Gasteiger partial charge on any atom is -0.481 e. The van der Waals surface area contributed by atoms with E-state index in [0.29, 0.717) is 4.60 Å². The van der Waals surface area contributed by atoms with Crippen molar-refractivity contribution >= 4 is 21.8 Å². The lowest BCUT2D eigenvalue weighted by atomic mass is 10.4. The highest BCUT2D eigenvalue weighted by Gasteiger charge is 2.27. The highest BCUT2D eigenvalue weighted by molar-refractivity contribution is 9.10. The zero-order valence-electron chi connectivity index (χ0n) is 8.42. The smallest absolute Gasteiger partial charge is 0.405 e. The van der Waals surface area contributed by atoms with Crippen molar-refractivity contribution in [3.63, 3.8) is 0 Å². The fraction of sp³-hybridized carbons (Fsp3) is 0.333. The third kappa shape index (κ3) is 5.53. The molecule has 0 saturated carbocycles. The molecule has 17 heavy (non-hydrogen) atoms. The van der Waals surface area contributed by atoms with E-state index in [-0.39, 0.29) is 5.75 Å². The van der Waals surface area contributed by atoms with Crippen LogP contribution in [0.2, 0.25) is 0 Å². The first kappa shape index (κ1) is 13.8. The zero-order chi connectivity index (χ0) is 12.9. The van der Waals surface area contributed by atoms with Gasteiger partial charge in [-0.3, -0.25) is 4.79 Å². The predicted molar refractivity (Wildman–Crippen MR) is 56.5 cm³/mol. The van der Waals surface area contributed by atoms with Gasteiger partial charge in [0.2, 0.25) is 0 Å². The first-order chi connectivity index (χ1) is 7.88. The van der Waals surface area contributed by atoms with Crippen molar-refractivity contribution in [2.45, 2.75) is 6.18 Å². The van der Waals surface area contributed by atoms with Gasteiger partial charge in [0.25, 0.3) is 5.91 Å². The Kier molecular flexibility index (Phi) is 4.73. The Balaban J connectivity index is 2.36. The average Bonchev–Trinajstić information content (AvgIpc) is 2.24. The van der Waals surface area contributed by atoms with Crippen molar-refractivity contribution in [1.82, 2.24) is 10.3 Å². The lowest BCUT2D eigenvalue weighted by Crippen LogP contribution is -2.36. The van der Waals surface area contributed by atoms with Crippen molar-refractivity contribution in [1.29, 1.82) is 0 Å². The molecular formula is C9H8BrF3N2O2. The summed E-state index contributed by atoms with van der Waals surface area (Å²) in [6.45, 7) is -1.87. The number of nitrogens with one attached hydrogen (secondary N) is 1. The van der Waals surface area contributed by atoms with Crippen LogP contribution in [0, 0.1) is 0 Å². The standard InChI is InChI=1S/C9H8BrF3N2O2/c10-8-6(2-1-3-14-8)17-4-7(16)15-5-9(11,12)13/h1-3H,4-5H2,(H,15,16). The quantitative estimate of drug-likeness (QED) is 0.864. The van der Waals surface area contributed by atoms with Gasteiger partial charge < -0.3 is 10.1 Å². The van der Waals surface area contributed by atoms with Crippen LogP contribution in [0.25, 0.3) is 0 Å². The lowest BCUT2D eigenvalue weighted by molar-refractivity contribution is -0.139. The summed E-state index contributed by atoms with van der Waals surface area (Å²) in [6.07, 6.45) is -2.93. The average molecular weight is 313 g/mol. The van der Waals surface area contributed by atoms with Gasteiger partial charge >= 0.3 is 6.18 Å². The maximum atomic E-state index is 11.8. The second kappa shape index (κ2) is 5.85. The maximum Gasteiger partial charge on any atom is 0.405 e. The number of aromatic nitrogens is 1. The van der Waals surface area contributed by atoms with Crippen molar-refractivity contribution in [3.05, 3.63) is 22.9 Å². The first-order valence-corrected chi connectivity index (χ1v) is 5.24. The highest BCUT2D eigenvalue weighted by Crippen LogP contribution is 2.20. The molecule has 94 valence electrons. The Bertz CT molecular complexity index is 398. The highest BCUT2D eigenvalue weighted by atomic mass is 79.9. The van der Waals surface area contributed by atoms with Crippen molar-refractivity contribution in [2.75, 3.05) is 13.2 Å². The third-order valence-electron chi connectivity index (χ3n) is 1.57. The number of hydrogen-bond donors (Lipinski definition) is 1. The number of carbonyl (C=O) groups is 1. The SMILES string of the molecule is O=C(COc1cccnc1Br)NCC(F)(F)F. The van der Waals surface area contributed by atoms with Gasteiger partial charge in [-0.1, -0.05) is 0 Å². The molecule has 1 N–H and O–H groups in total. The van der Waals surface area contributed by atoms with E-state index in [1.54, 1.807) is 11.4 Å². The summed E-state index contributed by atoms with van der Waals surface area (Å²) in [7, 11) is 0. The van der Waals surface area contributed by atoms with E-state index in [1.807, 2.05) is 0 Å². The Morgan fingerprint density at radius 3 is 2.82 bits per heavy atom. The number of hydrogen-bond acceptors (Lipinski definition) is 3. The van der Waals surface area contributed by atoms with Crippen molar-refractivity contribution in [2.24, 2.45) is 0 Å². The molecule has 0 fully saturated rings. The molecule has 1 aromatic rings. The summed E-state index contributed by atoms with van der Waals surface area (Å²) in [5.41, 5.74) is 0. The van der Waals surface area contributed by atoms with E-state index in [0.717, 1.165) is 0 Å². The summed E-state index contributed by atoms with van der Waals surface area (Å²) >= 11 is 3.07. The molecular weight excluding hydrogens is 305 g/mol. The second-order valence-corrected chi connectivity index (χ2v) is 3.72. The topological polar surface area (TPSA) is 51.2 Å². The molecule has 1 aromatic heterocycles. The van der Waals surface area contributed by atoms with Gasteiger partial charge in [-0.2, -0.15) is 13.2 Å². The van der Waals surface area contributed by atoms with Crippen LogP contribution in [0.15, 0.2) is 22.9 Å². The number of carbonyl (C=O) groups excluding carboxylic acids is 1. The van der Waals surface area contributed by atoms with E-state index < -0.39 is 25.2 Å². The fourth-order valence-corrected chi connectivity index (χ4v) is 1.24. The number of ether oxygens (including phenoxy) is 1. The van der Waals surface area contributed by atoms with Gasteiger partial charge in [-0.25, -0.2) is 4.98 Å². The van der Waals surface area contributed by atoms with Crippen LogP contribution in [0.5, 0.6) is 5.75 Å². The van der Waals surface area contributed by atoms with Crippen LogP contribution in [-0.4, -0.2) is 30.2 Å². The molecule has 0 saturated heterocycles. The largest absolute Gasteiger partial charge is 0.481 e. The van der Waals surface area contributed by atoms with Crippen LogP contribution in [0.1, 0.15) is 0 Å². The zero-order valence-corrected chi connectivity index (χ0v) is 10.0. The van der Waals surface area contributed by atoms with Gasteiger partial charge in [0.15, 0.2) is 12.4 Å². The first-order valence-electron chi connectivity index (χ1n) is 4.45. The van der Waals surface area contributed by atoms with Crippen molar-refractivity contribution in [3.8, 4) is 5.75 Å². The molecule has 0 spiro atoms. The molecule has 1 amide bonds. The van der Waals surface area contributed by atoms with E-state index in [1.165, 1.54) is 12.3 Å². The van der Waals surface area contributed by atoms with Gasteiger partial charge in [-0.05, 0) is 28.1 Å². The molecule has 0 bridgehead atoms. The summed E-state index contributed by atoms with van der Waals surface area (Å²) in [5, 5.41) is 1.69. The number of alkyl halides is 3. The number of nitrogens with zero attached hydrogens (tertiary/aromatic N) is 1. The van der Waals surface area contributed by atoms with Crippen LogP contribution in [-0.2, 0) is 4.79 Å². The lowest BCUT2D eigenvalue weighted by Gasteiger charge is -2.09. The maximum absolute atomic E-state index is 11.8. The van der Waals surface area contributed by atoms with Crippen LogP contribution < -0.4 is 10.1 Å². The molecule has 1 rings (SSSR count). The number of halogens is 4. The molecule has 8 heteroatoms. The normalized spacial score (nSPS) is 11.1. The summed E-state index contributed by atoms with van der Waals surface area (Å²) in [5.74, 6) is -0.562. The van der Waals surface area contributed by atoms with Crippen LogP contribution in [0.4, 0.5) is 13.2 Å². The van der Waals surface area contributed by atoms with Gasteiger partial charge in [0.05, 0.1) is 0 Å². The monoisotopic (exact) mass is 312 g/mol. The van der Waals surface area contributed by atoms with E-state index in [4.69, 9.17) is 4.74 Å². The van der Waals surface area contributed by atoms with E-state index in [9.17, 15) is 18.0 Å². The molecule has 0 radical (unpaired) electrons. The van der Waals surface area contributed by atoms with Gasteiger partial charge in [0, 0.05) is 6.20 Å². The number of amides is 1. The minimum atomic E-state index is -4.43. The van der Waals surface area contributed by atoms with E-state index in [2.05, 4.69) is 20.9 Å². The molecule has 0 aromatic carbocycles. The van der Waals surface area contributed by atoms with Crippen LogP contribution in [0.3, 0.4) is 0 Å². The Hall–Kier alpha value is -1.31. The van der Waals surface area contributed by atoms with Gasteiger partial charge in [-0.15, -0.1) is 0 Å². The predicted octanol–water partition coefficient (Wildman–Crippen LogP) is 1.90. The summed E-state index contributed by atoms with van der Waals surface area (Å²) in [6, 6.07) is 3.11. The molecule has 0 aliphatic carbocycles. The number of pyridine rings is 1. The molecule has 0 atom stereocenters. The van der Waals surface area contributed by atoms with Gasteiger partial charge in [0.1, 0.15) is 11.1 Å². The minimum absolute atomic E-state index is 0.287. The van der Waals surface area contributed by atoms with E-state index >= 15 is 0 Å². The second-order valence-electron chi connectivity index (χ2n) is 2.97. The molecule has 1 heterocycles. The molecule has 0 aliphatic heterocycles. The Morgan fingerprint density at radius 1 is 1.53 bits per heavy atom. The molecule has 4 nitrogen and oxygen atoms in total. The van der Waals surface area contributed by atoms with Crippen molar-refractivity contribution < 1.29 is 22.7 Å². The Labute approximate surface area is 103 Å². The molecule has 0 unspecified atom stereocenters. The molecule has 0 aliphatic rings.